The normalized spacial score (nSPS) is 13.3. The van der Waals surface area contributed by atoms with E-state index in [2.05, 4.69) is 204 Å². The van der Waals surface area contributed by atoms with Crippen LogP contribution < -0.4 is 9.64 Å². The van der Waals surface area contributed by atoms with E-state index in [0.29, 0.717) is 0 Å². The van der Waals surface area contributed by atoms with E-state index in [4.69, 9.17) is 4.74 Å². The summed E-state index contributed by atoms with van der Waals surface area (Å²) in [6.45, 7) is 0. The van der Waals surface area contributed by atoms with E-state index >= 15 is 0 Å². The molecule has 0 N–H and O–H groups in total. The highest BCUT2D eigenvalue weighted by Crippen LogP contribution is 2.65. The molecule has 1 aliphatic heterocycles. The third-order valence-corrected chi connectivity index (χ3v) is 12.9. The summed E-state index contributed by atoms with van der Waals surface area (Å²) in [6.07, 6.45) is 0. The summed E-state index contributed by atoms with van der Waals surface area (Å²) in [5.41, 5.74) is 12.6. The van der Waals surface area contributed by atoms with Crippen LogP contribution in [0.5, 0.6) is 11.5 Å². The number of ether oxygens (including phenoxy) is 1. The Bertz CT molecular complexity index is 3150. The lowest BCUT2D eigenvalue weighted by Crippen LogP contribution is -2.32. The first kappa shape index (κ1) is 31.4. The minimum Gasteiger partial charge on any atom is -0.457 e. The SMILES string of the molecule is c1ccc(N(c2cccc(-c3csc4ccccc34)c2)c2ccc3c(c2)C2(c4ccccc4Oc4ccccc42)c2c-3c3ccccc3c3ccccc23)cc1. The van der Waals surface area contributed by atoms with Gasteiger partial charge in [-0.3, -0.25) is 0 Å². The van der Waals surface area contributed by atoms with E-state index < -0.39 is 5.41 Å². The lowest BCUT2D eigenvalue weighted by molar-refractivity contribution is 0.437. The van der Waals surface area contributed by atoms with Gasteiger partial charge in [0.15, 0.2) is 0 Å². The van der Waals surface area contributed by atoms with Crippen molar-refractivity contribution in [1.29, 1.82) is 0 Å². The Morgan fingerprint density at radius 1 is 0.411 bits per heavy atom. The predicted molar refractivity (Wildman–Crippen MR) is 234 cm³/mol. The van der Waals surface area contributed by atoms with Crippen molar-refractivity contribution in [3.05, 3.63) is 222 Å². The Kier molecular flexibility index (Phi) is 6.75. The van der Waals surface area contributed by atoms with Crippen molar-refractivity contribution in [3.8, 4) is 33.8 Å². The maximum Gasteiger partial charge on any atom is 0.132 e. The van der Waals surface area contributed by atoms with Gasteiger partial charge >= 0.3 is 0 Å². The van der Waals surface area contributed by atoms with Gasteiger partial charge in [-0.1, -0.05) is 140 Å². The molecular weight excluding hydrogens is 699 g/mol. The molecule has 0 saturated heterocycles. The predicted octanol–water partition coefficient (Wildman–Crippen LogP) is 14.8. The van der Waals surface area contributed by atoms with Gasteiger partial charge in [0.1, 0.15) is 11.5 Å². The topological polar surface area (TPSA) is 12.5 Å². The molecule has 0 fully saturated rings. The number of hydrogen-bond acceptors (Lipinski definition) is 3. The van der Waals surface area contributed by atoms with Gasteiger partial charge in [-0.25, -0.2) is 0 Å². The maximum absolute atomic E-state index is 6.78. The van der Waals surface area contributed by atoms with Crippen molar-refractivity contribution >= 4 is 60.0 Å². The van der Waals surface area contributed by atoms with Gasteiger partial charge in [0.2, 0.25) is 0 Å². The molecule has 0 amide bonds. The first-order chi connectivity index (χ1) is 27.8. The summed E-state index contributed by atoms with van der Waals surface area (Å²) >= 11 is 1.80. The van der Waals surface area contributed by atoms with E-state index in [0.717, 1.165) is 39.7 Å². The van der Waals surface area contributed by atoms with Crippen LogP contribution in [0.25, 0.3) is 53.9 Å². The molecule has 0 atom stereocenters. The lowest BCUT2D eigenvalue weighted by Gasteiger charge is -2.40. The number of nitrogens with zero attached hydrogens (tertiary/aromatic N) is 1. The highest BCUT2D eigenvalue weighted by molar-refractivity contribution is 7.17. The largest absolute Gasteiger partial charge is 0.457 e. The van der Waals surface area contributed by atoms with Gasteiger partial charge in [-0.2, -0.15) is 0 Å². The lowest BCUT2D eigenvalue weighted by atomic mass is 9.65. The Morgan fingerprint density at radius 2 is 1.00 bits per heavy atom. The molecule has 262 valence electrons. The zero-order valence-electron chi connectivity index (χ0n) is 30.3. The fourth-order valence-electron chi connectivity index (χ4n) is 9.74. The van der Waals surface area contributed by atoms with Crippen LogP contribution in [0.1, 0.15) is 22.3 Å². The Labute approximate surface area is 329 Å². The monoisotopic (exact) mass is 731 g/mol. The summed E-state index contributed by atoms with van der Waals surface area (Å²) in [6, 6.07) is 70.9. The fourth-order valence-corrected chi connectivity index (χ4v) is 10.7. The molecule has 2 nitrogen and oxygen atoms in total. The molecule has 0 saturated carbocycles. The highest BCUT2D eigenvalue weighted by atomic mass is 32.1. The Morgan fingerprint density at radius 3 is 1.77 bits per heavy atom. The summed E-state index contributed by atoms with van der Waals surface area (Å²) < 4.78 is 8.08. The Balaban J connectivity index is 1.18. The molecule has 2 aliphatic rings. The van der Waals surface area contributed by atoms with Gasteiger partial charge in [0.25, 0.3) is 0 Å². The van der Waals surface area contributed by atoms with E-state index in [1.807, 2.05) is 0 Å². The van der Waals surface area contributed by atoms with Crippen LogP contribution in [-0.2, 0) is 5.41 Å². The van der Waals surface area contributed by atoms with Crippen LogP contribution in [0.15, 0.2) is 200 Å². The third kappa shape index (κ3) is 4.32. The standard InChI is InChI=1S/C53H33NOS/c1-2-16-35(17-3-1)54(36-18-14-15-34(31-36)44-33-56-50-28-13-8-21-40(44)50)37-29-30-43-47(32-37)53(45-24-9-11-26-48(45)55-49-27-12-10-25-46(49)53)52-42-23-7-5-20-39(42)38-19-4-6-22-41(38)51(43)52/h1-33H. The van der Waals surface area contributed by atoms with Crippen LogP contribution >= 0.6 is 11.3 Å². The minimum atomic E-state index is -0.643. The number of benzene rings is 9. The van der Waals surface area contributed by atoms with Crippen molar-refractivity contribution < 1.29 is 4.74 Å². The molecular formula is C53H33NOS. The summed E-state index contributed by atoms with van der Waals surface area (Å²) in [7, 11) is 0. The van der Waals surface area contributed by atoms with E-state index in [-0.39, 0.29) is 0 Å². The summed E-state index contributed by atoms with van der Waals surface area (Å²) in [5, 5.41) is 8.65. The Hall–Kier alpha value is -6.94. The average molecular weight is 732 g/mol. The van der Waals surface area contributed by atoms with Crippen LogP contribution in [-0.4, -0.2) is 0 Å². The molecule has 1 aromatic heterocycles. The number of para-hydroxylation sites is 3. The summed E-state index contributed by atoms with van der Waals surface area (Å²) in [5.74, 6) is 1.78. The minimum absolute atomic E-state index is 0.643. The van der Waals surface area contributed by atoms with Gasteiger partial charge in [-0.05, 0) is 109 Å². The smallest absolute Gasteiger partial charge is 0.132 e. The number of hydrogen-bond donors (Lipinski definition) is 0. The van der Waals surface area contributed by atoms with Crippen LogP contribution in [0.2, 0.25) is 0 Å². The zero-order valence-corrected chi connectivity index (χ0v) is 31.1. The molecule has 3 heteroatoms. The second-order valence-electron chi connectivity index (χ2n) is 14.8. The van der Waals surface area contributed by atoms with E-state index in [9.17, 15) is 0 Å². The van der Waals surface area contributed by atoms with E-state index in [1.165, 1.54) is 65.0 Å². The number of anilines is 3. The molecule has 10 aromatic rings. The zero-order chi connectivity index (χ0) is 36.8. The quantitative estimate of drug-likeness (QED) is 0.167. The van der Waals surface area contributed by atoms with Gasteiger partial charge < -0.3 is 9.64 Å². The molecule has 1 aliphatic carbocycles. The van der Waals surface area contributed by atoms with Gasteiger partial charge in [0.05, 0.1) is 5.41 Å². The van der Waals surface area contributed by atoms with Gasteiger partial charge in [0, 0.05) is 43.8 Å². The van der Waals surface area contributed by atoms with Crippen LogP contribution in [0, 0.1) is 0 Å². The van der Waals surface area contributed by atoms with Crippen molar-refractivity contribution in [3.63, 3.8) is 0 Å². The van der Waals surface area contributed by atoms with Crippen molar-refractivity contribution in [2.75, 3.05) is 4.90 Å². The average Bonchev–Trinajstić information content (AvgIpc) is 3.83. The number of fused-ring (bicyclic) bond motifs is 15. The number of rotatable bonds is 4. The molecule has 2 heterocycles. The molecule has 56 heavy (non-hydrogen) atoms. The van der Waals surface area contributed by atoms with Crippen molar-refractivity contribution in [2.45, 2.75) is 5.41 Å². The second kappa shape index (κ2) is 12.0. The van der Waals surface area contributed by atoms with Crippen molar-refractivity contribution in [2.24, 2.45) is 0 Å². The van der Waals surface area contributed by atoms with Crippen molar-refractivity contribution in [1.82, 2.24) is 0 Å². The first-order valence-corrected chi connectivity index (χ1v) is 20.0. The molecule has 0 radical (unpaired) electrons. The summed E-state index contributed by atoms with van der Waals surface area (Å²) in [4.78, 5) is 2.42. The van der Waals surface area contributed by atoms with Crippen LogP contribution in [0.3, 0.4) is 0 Å². The van der Waals surface area contributed by atoms with Gasteiger partial charge in [-0.15, -0.1) is 11.3 Å². The van der Waals surface area contributed by atoms with E-state index in [1.54, 1.807) is 11.3 Å². The van der Waals surface area contributed by atoms with Crippen LogP contribution in [0.4, 0.5) is 17.1 Å². The fraction of sp³-hybridized carbons (Fsp3) is 0.0189. The molecule has 0 bridgehead atoms. The highest BCUT2D eigenvalue weighted by Gasteiger charge is 2.52. The first-order valence-electron chi connectivity index (χ1n) is 19.2. The third-order valence-electron chi connectivity index (χ3n) is 12.0. The molecule has 1 spiro atoms. The second-order valence-corrected chi connectivity index (χ2v) is 15.7. The molecule has 9 aromatic carbocycles. The number of thiophene rings is 1. The maximum atomic E-state index is 6.78. The molecule has 12 rings (SSSR count). The molecule has 0 unspecified atom stereocenters.